The van der Waals surface area contributed by atoms with E-state index in [4.69, 9.17) is 13.3 Å². The van der Waals surface area contributed by atoms with Crippen LogP contribution in [0.3, 0.4) is 0 Å². The van der Waals surface area contributed by atoms with Crippen molar-refractivity contribution in [2.75, 3.05) is 39.5 Å². The summed E-state index contributed by atoms with van der Waals surface area (Å²) in [7, 11) is -2.85. The van der Waals surface area contributed by atoms with E-state index >= 15 is 0 Å². The van der Waals surface area contributed by atoms with Crippen LogP contribution < -0.4 is 5.32 Å². The minimum atomic E-state index is -2.85. The van der Waals surface area contributed by atoms with Crippen LogP contribution in [-0.4, -0.2) is 59.2 Å². The molecule has 0 aliphatic carbocycles. The van der Waals surface area contributed by atoms with Crippen molar-refractivity contribution in [3.63, 3.8) is 0 Å². The number of nitrogens with zero attached hydrogens (tertiary/aromatic N) is 1. The highest BCUT2D eigenvalue weighted by Crippen LogP contribution is 2.18. The minimum Gasteiger partial charge on any atom is -0.370 e. The Hall–Kier alpha value is -1.41. The van der Waals surface area contributed by atoms with Crippen LogP contribution in [0, 0.1) is 0 Å². The highest BCUT2D eigenvalue weighted by atomic mass is 28.4. The molecule has 0 aromatic rings. The maximum Gasteiger partial charge on any atom is 0.501 e. The van der Waals surface area contributed by atoms with Gasteiger partial charge in [-0.05, 0) is 20.3 Å². The van der Waals surface area contributed by atoms with Crippen molar-refractivity contribution in [1.82, 2.24) is 10.2 Å². The molecule has 0 heterocycles. The topological polar surface area (TPSA) is 60.0 Å². The van der Waals surface area contributed by atoms with Gasteiger partial charge in [-0.15, -0.1) is 19.7 Å². The number of hydrogen-bond donors (Lipinski definition) is 1. The summed E-state index contributed by atoms with van der Waals surface area (Å²) in [5.41, 5.74) is 0. The molecule has 7 heteroatoms. The summed E-state index contributed by atoms with van der Waals surface area (Å²) in [6.07, 6.45) is 5.69. The zero-order chi connectivity index (χ0) is 18.3. The quantitative estimate of drug-likeness (QED) is 0.278. The van der Waals surface area contributed by atoms with Gasteiger partial charge in [0.25, 0.3) is 0 Å². The average molecular weight is 357 g/mol. The molecule has 0 aliphatic heterocycles. The van der Waals surface area contributed by atoms with E-state index in [1.165, 1.54) is 0 Å². The van der Waals surface area contributed by atoms with Gasteiger partial charge in [-0.3, -0.25) is 0 Å². The number of urea groups is 1. The molecule has 0 rings (SSSR count). The SMILES string of the molecule is C=CCO[Si](CCCNC(=O)N(CC)CC)(OCC=C)OCC=C. The molecule has 0 aliphatic rings. The van der Waals surface area contributed by atoms with Crippen molar-refractivity contribution in [3.8, 4) is 0 Å². The van der Waals surface area contributed by atoms with Gasteiger partial charge < -0.3 is 23.5 Å². The van der Waals surface area contributed by atoms with E-state index < -0.39 is 8.80 Å². The molecule has 0 aromatic heterocycles. The maximum absolute atomic E-state index is 11.9. The van der Waals surface area contributed by atoms with Gasteiger partial charge in [0, 0.05) is 25.7 Å². The monoisotopic (exact) mass is 356 g/mol. The summed E-state index contributed by atoms with van der Waals surface area (Å²) in [4.78, 5) is 13.7. The lowest BCUT2D eigenvalue weighted by Gasteiger charge is -2.28. The summed E-state index contributed by atoms with van der Waals surface area (Å²) >= 11 is 0. The van der Waals surface area contributed by atoms with Gasteiger partial charge in [-0.2, -0.15) is 0 Å². The zero-order valence-corrected chi connectivity index (χ0v) is 16.1. The minimum absolute atomic E-state index is 0.0571. The highest BCUT2D eigenvalue weighted by molar-refractivity contribution is 6.60. The molecule has 0 unspecified atom stereocenters. The molecule has 1 N–H and O–H groups in total. The van der Waals surface area contributed by atoms with Gasteiger partial charge >= 0.3 is 14.8 Å². The van der Waals surface area contributed by atoms with E-state index in [1.807, 2.05) is 13.8 Å². The predicted octanol–water partition coefficient (Wildman–Crippen LogP) is 2.97. The molecule has 6 nitrogen and oxygen atoms in total. The zero-order valence-electron chi connectivity index (χ0n) is 15.1. The van der Waals surface area contributed by atoms with E-state index in [2.05, 4.69) is 25.1 Å². The van der Waals surface area contributed by atoms with E-state index in [0.29, 0.717) is 51.9 Å². The first-order valence-corrected chi connectivity index (χ1v) is 10.3. The van der Waals surface area contributed by atoms with Gasteiger partial charge in [0.1, 0.15) is 0 Å². The molecule has 0 atom stereocenters. The summed E-state index contributed by atoms with van der Waals surface area (Å²) in [6, 6.07) is 0.541. The highest BCUT2D eigenvalue weighted by Gasteiger charge is 2.40. The first-order valence-electron chi connectivity index (χ1n) is 8.36. The lowest BCUT2D eigenvalue weighted by atomic mass is 10.4. The fraction of sp³-hybridized carbons (Fsp3) is 0.588. The lowest BCUT2D eigenvalue weighted by molar-refractivity contribution is 0.0855. The molecule has 0 saturated carbocycles. The Bertz CT molecular complexity index is 356. The van der Waals surface area contributed by atoms with E-state index in [-0.39, 0.29) is 6.03 Å². The third-order valence-corrected chi connectivity index (χ3v) is 6.04. The Morgan fingerprint density at radius 2 is 1.46 bits per heavy atom. The standard InChI is InChI=1S/C17H32N2O4Si/c1-6-13-21-24(22-14-7-2,23-15-8-3)16-11-12-18-17(20)19(9-4)10-5/h6-8H,1-3,9-16H2,4-5H3,(H,18,20). The van der Waals surface area contributed by atoms with Crippen molar-refractivity contribution in [2.45, 2.75) is 26.3 Å². The Morgan fingerprint density at radius 1 is 1.00 bits per heavy atom. The van der Waals surface area contributed by atoms with Crippen molar-refractivity contribution in [3.05, 3.63) is 38.0 Å². The van der Waals surface area contributed by atoms with Gasteiger partial charge in [0.05, 0.1) is 19.8 Å². The van der Waals surface area contributed by atoms with Crippen LogP contribution in [0.4, 0.5) is 4.79 Å². The van der Waals surface area contributed by atoms with Crippen LogP contribution in [0.2, 0.25) is 6.04 Å². The number of nitrogens with one attached hydrogen (secondary N) is 1. The molecule has 0 aromatic carbocycles. The molecule has 0 saturated heterocycles. The van der Waals surface area contributed by atoms with E-state index in [1.54, 1.807) is 23.1 Å². The fourth-order valence-electron chi connectivity index (χ4n) is 2.02. The largest absolute Gasteiger partial charge is 0.501 e. The number of carbonyl (C=O) groups is 1. The van der Waals surface area contributed by atoms with Crippen molar-refractivity contribution < 1.29 is 18.1 Å². The fourth-order valence-corrected chi connectivity index (χ4v) is 4.43. The molecule has 0 fully saturated rings. The van der Waals surface area contributed by atoms with Crippen molar-refractivity contribution >= 4 is 14.8 Å². The Labute approximate surface area is 147 Å². The predicted molar refractivity (Wildman–Crippen MR) is 99.9 cm³/mol. The second-order valence-electron chi connectivity index (χ2n) is 4.99. The molecule has 2 amide bonds. The smallest absolute Gasteiger partial charge is 0.370 e. The van der Waals surface area contributed by atoms with Gasteiger partial charge in [-0.1, -0.05) is 18.2 Å². The molecule has 0 spiro atoms. The second-order valence-corrected chi connectivity index (χ2v) is 7.72. The number of hydrogen-bond acceptors (Lipinski definition) is 4. The van der Waals surface area contributed by atoms with Crippen LogP contribution in [-0.2, 0) is 13.3 Å². The van der Waals surface area contributed by atoms with Crippen LogP contribution in [0.25, 0.3) is 0 Å². The van der Waals surface area contributed by atoms with Crippen molar-refractivity contribution in [2.24, 2.45) is 0 Å². The third kappa shape index (κ3) is 9.02. The Balaban J connectivity index is 4.60. The third-order valence-electron chi connectivity index (χ3n) is 3.25. The van der Waals surface area contributed by atoms with E-state index in [9.17, 15) is 4.79 Å². The molecule has 0 radical (unpaired) electrons. The lowest BCUT2D eigenvalue weighted by Crippen LogP contribution is -2.47. The molecular weight excluding hydrogens is 324 g/mol. The summed E-state index contributed by atoms with van der Waals surface area (Å²) in [6.45, 7) is 17.9. The van der Waals surface area contributed by atoms with Crippen LogP contribution in [0.5, 0.6) is 0 Å². The maximum atomic E-state index is 11.9. The first-order chi connectivity index (χ1) is 11.6. The van der Waals surface area contributed by atoms with Crippen molar-refractivity contribution in [1.29, 1.82) is 0 Å². The van der Waals surface area contributed by atoms with Gasteiger partial charge in [0.2, 0.25) is 0 Å². The first kappa shape index (κ1) is 22.6. The number of amides is 2. The van der Waals surface area contributed by atoms with E-state index in [0.717, 1.165) is 0 Å². The van der Waals surface area contributed by atoms with Crippen LogP contribution in [0.15, 0.2) is 38.0 Å². The molecule has 0 bridgehead atoms. The van der Waals surface area contributed by atoms with Crippen LogP contribution >= 0.6 is 0 Å². The molecule has 138 valence electrons. The second kappa shape index (κ2) is 14.0. The normalized spacial score (nSPS) is 10.9. The van der Waals surface area contributed by atoms with Gasteiger partial charge in [-0.25, -0.2) is 4.79 Å². The molecular formula is C17H32N2O4Si. The summed E-state index contributed by atoms with van der Waals surface area (Å²) in [5.74, 6) is 0. The molecule has 24 heavy (non-hydrogen) atoms. The Morgan fingerprint density at radius 3 is 1.83 bits per heavy atom. The van der Waals surface area contributed by atoms with Gasteiger partial charge in [0.15, 0.2) is 0 Å². The Kier molecular flexibility index (Phi) is 13.2. The number of rotatable bonds is 15. The van der Waals surface area contributed by atoms with Crippen LogP contribution in [0.1, 0.15) is 20.3 Å². The number of carbonyl (C=O) groups excluding carboxylic acids is 1. The summed E-state index contributed by atoms with van der Waals surface area (Å²) in [5, 5.41) is 2.91. The summed E-state index contributed by atoms with van der Waals surface area (Å²) < 4.78 is 17.5. The average Bonchev–Trinajstić information content (AvgIpc) is 2.60.